The third-order valence-electron chi connectivity index (χ3n) is 6.88. The summed E-state index contributed by atoms with van der Waals surface area (Å²) < 4.78 is 39.4. The molecule has 0 aromatic rings. The van der Waals surface area contributed by atoms with Gasteiger partial charge >= 0.3 is 12.1 Å². The Morgan fingerprint density at radius 3 is 2.56 bits per heavy atom. The highest BCUT2D eigenvalue weighted by Crippen LogP contribution is 2.46. The molecule has 3 aliphatic rings. The van der Waals surface area contributed by atoms with Crippen molar-refractivity contribution in [2.45, 2.75) is 102 Å². The van der Waals surface area contributed by atoms with Crippen LogP contribution in [-0.4, -0.2) is 85.9 Å². The Kier molecular flexibility index (Phi) is 9.69. The molecule has 3 amide bonds. The molecular weight excluding hydrogens is 530 g/mol. The van der Waals surface area contributed by atoms with Crippen LogP contribution >= 0.6 is 0 Å². The maximum absolute atomic E-state index is 13.8. The predicted molar refractivity (Wildman–Crippen MR) is 141 cm³/mol. The van der Waals surface area contributed by atoms with Gasteiger partial charge in [0.1, 0.15) is 23.2 Å². The molecule has 13 heteroatoms. The Morgan fingerprint density at radius 2 is 1.92 bits per heavy atom. The second kappa shape index (κ2) is 12.2. The minimum Gasteiger partial charge on any atom is -0.464 e. The first-order valence-electron chi connectivity index (χ1n) is 13.5. The molecule has 2 N–H and O–H groups in total. The second-order valence-corrected chi connectivity index (χ2v) is 13.0. The van der Waals surface area contributed by atoms with Gasteiger partial charge in [-0.25, -0.2) is 9.59 Å². The summed E-state index contributed by atoms with van der Waals surface area (Å²) in [5, 5.41) is 5.44. The Bertz CT molecular complexity index is 1080. The molecule has 1 saturated heterocycles. The quantitative estimate of drug-likeness (QED) is 0.285. The van der Waals surface area contributed by atoms with Crippen molar-refractivity contribution in [2.75, 3.05) is 19.4 Å². The highest BCUT2D eigenvalue weighted by Gasteiger charge is 2.62. The van der Waals surface area contributed by atoms with Gasteiger partial charge in [-0.15, -0.1) is 0 Å². The number of alkyl carbamates (subject to hydrolysis) is 1. The lowest BCUT2D eigenvalue weighted by Crippen LogP contribution is -2.56. The van der Waals surface area contributed by atoms with E-state index >= 15 is 0 Å². The van der Waals surface area contributed by atoms with E-state index in [0.717, 1.165) is 25.5 Å². The van der Waals surface area contributed by atoms with Crippen LogP contribution in [0.15, 0.2) is 12.2 Å². The molecule has 0 spiro atoms. The highest BCUT2D eigenvalue weighted by molar-refractivity contribution is 7.86. The number of nitrogens with zero attached hydrogens (tertiary/aromatic N) is 1. The summed E-state index contributed by atoms with van der Waals surface area (Å²) in [7, 11) is -3.87. The minimum atomic E-state index is -3.87. The summed E-state index contributed by atoms with van der Waals surface area (Å²) in [6.07, 6.45) is 6.66. The van der Waals surface area contributed by atoms with E-state index < -0.39 is 63.3 Å². The Hall–Kier alpha value is -2.67. The van der Waals surface area contributed by atoms with E-state index in [1.807, 2.05) is 12.2 Å². The third kappa shape index (κ3) is 8.41. The Morgan fingerprint density at radius 1 is 1.21 bits per heavy atom. The van der Waals surface area contributed by atoms with E-state index in [1.165, 1.54) is 4.90 Å². The second-order valence-electron chi connectivity index (χ2n) is 11.4. The molecule has 0 aromatic heterocycles. The van der Waals surface area contributed by atoms with Crippen molar-refractivity contribution in [1.82, 2.24) is 15.5 Å². The van der Waals surface area contributed by atoms with Crippen LogP contribution in [0.2, 0.25) is 0 Å². The number of hydrogen-bond donors (Lipinski definition) is 2. The summed E-state index contributed by atoms with van der Waals surface area (Å²) >= 11 is 0. The zero-order valence-electron chi connectivity index (χ0n) is 23.4. The number of rotatable bonds is 5. The lowest BCUT2D eigenvalue weighted by molar-refractivity contribution is -0.150. The Balaban J connectivity index is 1.92. The van der Waals surface area contributed by atoms with Crippen molar-refractivity contribution in [3.8, 4) is 0 Å². The summed E-state index contributed by atoms with van der Waals surface area (Å²) in [4.78, 5) is 54.1. The molecule has 1 saturated carbocycles. The fourth-order valence-electron chi connectivity index (χ4n) is 5.07. The van der Waals surface area contributed by atoms with Crippen LogP contribution in [0.1, 0.15) is 72.6 Å². The van der Waals surface area contributed by atoms with E-state index in [4.69, 9.17) is 13.7 Å². The fraction of sp³-hybridized carbons (Fsp3) is 0.769. The molecule has 2 heterocycles. The third-order valence-corrected chi connectivity index (χ3v) is 7.50. The van der Waals surface area contributed by atoms with Gasteiger partial charge in [-0.3, -0.25) is 13.8 Å². The molecule has 12 nitrogen and oxygen atoms in total. The molecule has 0 bridgehead atoms. The van der Waals surface area contributed by atoms with Crippen LogP contribution in [-0.2, 0) is 38.2 Å². The van der Waals surface area contributed by atoms with Crippen LogP contribution in [0.3, 0.4) is 0 Å². The average Bonchev–Trinajstić information content (AvgIpc) is 3.33. The van der Waals surface area contributed by atoms with E-state index in [0.29, 0.717) is 19.3 Å². The average molecular weight is 572 g/mol. The van der Waals surface area contributed by atoms with Gasteiger partial charge in [-0.05, 0) is 53.4 Å². The number of allylic oxidation sites excluding steroid dienone is 1. The number of amides is 3. The largest absolute Gasteiger partial charge is 0.464 e. The van der Waals surface area contributed by atoms with E-state index in [-0.39, 0.29) is 25.5 Å². The smallest absolute Gasteiger partial charge is 0.408 e. The van der Waals surface area contributed by atoms with Gasteiger partial charge in [0.25, 0.3) is 10.1 Å². The first-order valence-corrected chi connectivity index (χ1v) is 15.3. The van der Waals surface area contributed by atoms with Crippen LogP contribution < -0.4 is 10.6 Å². The fourth-order valence-corrected chi connectivity index (χ4v) is 5.71. The van der Waals surface area contributed by atoms with Crippen molar-refractivity contribution in [3.63, 3.8) is 0 Å². The Labute approximate surface area is 230 Å². The normalized spacial score (nSPS) is 30.2. The van der Waals surface area contributed by atoms with Crippen LogP contribution in [0, 0.1) is 5.92 Å². The predicted octanol–water partition coefficient (Wildman–Crippen LogP) is 1.78. The number of hydrogen-bond acceptors (Lipinski definition) is 9. The van der Waals surface area contributed by atoms with Gasteiger partial charge in [0.05, 0.1) is 19.0 Å². The maximum atomic E-state index is 13.8. The molecule has 0 radical (unpaired) electrons. The van der Waals surface area contributed by atoms with Crippen LogP contribution in [0.25, 0.3) is 0 Å². The molecule has 5 atom stereocenters. The molecule has 2 aliphatic heterocycles. The maximum Gasteiger partial charge on any atom is 0.408 e. The molecule has 2 fully saturated rings. The van der Waals surface area contributed by atoms with Crippen LogP contribution in [0.5, 0.6) is 0 Å². The number of nitrogens with one attached hydrogen (secondary N) is 2. The monoisotopic (exact) mass is 571 g/mol. The molecule has 220 valence electrons. The molecule has 0 aromatic carbocycles. The van der Waals surface area contributed by atoms with Gasteiger partial charge in [0.2, 0.25) is 11.8 Å². The van der Waals surface area contributed by atoms with Crippen molar-refractivity contribution in [1.29, 1.82) is 0 Å². The summed E-state index contributed by atoms with van der Waals surface area (Å²) in [5.41, 5.74) is -2.03. The van der Waals surface area contributed by atoms with Crippen LogP contribution in [0.4, 0.5) is 4.79 Å². The molecule has 1 aliphatic carbocycles. The van der Waals surface area contributed by atoms with Gasteiger partial charge < -0.3 is 25.0 Å². The standard InChI is InChI=1S/C26H41N3O9S/c1-6-36-23(32)26-15-17(26)12-10-8-7-9-11-13-19(27-24(33)37-25(2,3)4)22(31)29-16-18(38-39(5,34)35)14-20(29)21(30)28-26/h10,12,17-20H,6-9,11,13-16H2,1-5H3,(H,27,33)(H,28,30)/t17-,18+,19+,20?,26-/m1/s1. The summed E-state index contributed by atoms with van der Waals surface area (Å²) in [6.45, 7) is 6.76. The van der Waals surface area contributed by atoms with Crippen molar-refractivity contribution >= 4 is 34.0 Å². The highest BCUT2D eigenvalue weighted by atomic mass is 32.2. The van der Waals surface area contributed by atoms with E-state index in [2.05, 4.69) is 10.6 Å². The minimum absolute atomic E-state index is 0.0940. The zero-order valence-corrected chi connectivity index (χ0v) is 24.2. The van der Waals surface area contributed by atoms with Gasteiger partial charge in [-0.2, -0.15) is 8.42 Å². The number of fused-ring (bicyclic) bond motifs is 2. The zero-order chi connectivity index (χ0) is 29.0. The van der Waals surface area contributed by atoms with Gasteiger partial charge in [0.15, 0.2) is 0 Å². The summed E-state index contributed by atoms with van der Waals surface area (Å²) in [6, 6.07) is -2.12. The van der Waals surface area contributed by atoms with Gasteiger partial charge in [0, 0.05) is 18.9 Å². The first-order chi connectivity index (χ1) is 18.1. The van der Waals surface area contributed by atoms with Crippen molar-refractivity contribution < 1.29 is 41.3 Å². The number of carbonyl (C=O) groups is 4. The topological polar surface area (TPSA) is 157 Å². The van der Waals surface area contributed by atoms with Gasteiger partial charge in [-0.1, -0.05) is 25.0 Å². The lowest BCUT2D eigenvalue weighted by atomic mass is 10.0. The van der Waals surface area contributed by atoms with Crippen molar-refractivity contribution in [2.24, 2.45) is 5.92 Å². The lowest BCUT2D eigenvalue weighted by Gasteiger charge is -2.30. The van der Waals surface area contributed by atoms with Crippen molar-refractivity contribution in [3.05, 3.63) is 12.2 Å². The molecule has 3 rings (SSSR count). The summed E-state index contributed by atoms with van der Waals surface area (Å²) in [5.74, 6) is -1.97. The number of esters is 1. The SMILES string of the molecule is CCOC(=O)[C@@]12C[C@H]1C=CCCCCC[C@H](NC(=O)OC(C)(C)C)C(=O)N1C[C@@H](OS(C)(=O)=O)CC1C(=O)N2. The van der Waals surface area contributed by atoms with E-state index in [9.17, 15) is 27.6 Å². The number of ether oxygens (including phenoxy) is 2. The number of carbonyl (C=O) groups excluding carboxylic acids is 4. The van der Waals surface area contributed by atoms with E-state index in [1.54, 1.807) is 27.7 Å². The molecular formula is C26H41N3O9S. The molecule has 39 heavy (non-hydrogen) atoms. The molecule has 1 unspecified atom stereocenters. The first kappa shape index (κ1) is 30.9.